The molecular formula is C18H30N4O4S. The molecule has 1 aliphatic heterocycles. The molecule has 1 amide bonds. The molecule has 1 N–H and O–H groups in total. The third-order valence-electron chi connectivity index (χ3n) is 4.71. The highest BCUT2D eigenvalue weighted by Gasteiger charge is 2.37. The Balaban J connectivity index is 2.24. The van der Waals surface area contributed by atoms with Gasteiger partial charge in [-0.1, -0.05) is 12.1 Å². The quantitative estimate of drug-likeness (QED) is 0.753. The van der Waals surface area contributed by atoms with Gasteiger partial charge in [0.15, 0.2) is 10.7 Å². The molecule has 9 heteroatoms. The Labute approximate surface area is 161 Å². The number of aryl methyl sites for hydroxylation is 1. The molecule has 0 aliphatic carbocycles. The van der Waals surface area contributed by atoms with Gasteiger partial charge in [0.1, 0.15) is 5.69 Å². The van der Waals surface area contributed by atoms with E-state index in [1.54, 1.807) is 24.1 Å². The van der Waals surface area contributed by atoms with Crippen LogP contribution < -0.4 is 5.32 Å². The second kappa shape index (κ2) is 8.88. The van der Waals surface area contributed by atoms with Gasteiger partial charge in [0, 0.05) is 45.5 Å². The molecule has 0 spiro atoms. The molecule has 0 aromatic carbocycles. The normalized spacial score (nSPS) is 20.0. The van der Waals surface area contributed by atoms with Gasteiger partial charge in [-0.05, 0) is 33.1 Å². The second-order valence-corrected chi connectivity index (χ2v) is 9.14. The fourth-order valence-corrected chi connectivity index (χ4v) is 4.76. The van der Waals surface area contributed by atoms with Crippen molar-refractivity contribution < 1.29 is 17.7 Å². The van der Waals surface area contributed by atoms with Crippen LogP contribution in [-0.4, -0.2) is 61.9 Å². The van der Waals surface area contributed by atoms with Gasteiger partial charge in [-0.2, -0.15) is 4.31 Å². The average Bonchev–Trinajstić information content (AvgIpc) is 3.01. The maximum atomic E-state index is 13.2. The summed E-state index contributed by atoms with van der Waals surface area (Å²) in [7, 11) is -0.136. The van der Waals surface area contributed by atoms with Gasteiger partial charge in [0.25, 0.3) is 0 Å². The summed E-state index contributed by atoms with van der Waals surface area (Å²) in [5.74, 6) is -0.227. The van der Waals surface area contributed by atoms with Gasteiger partial charge in [0.2, 0.25) is 15.9 Å². The van der Waals surface area contributed by atoms with E-state index in [4.69, 9.17) is 4.52 Å². The van der Waals surface area contributed by atoms with E-state index in [2.05, 4.69) is 10.5 Å². The van der Waals surface area contributed by atoms with Crippen LogP contribution in [-0.2, 0) is 14.8 Å². The van der Waals surface area contributed by atoms with E-state index in [-0.39, 0.29) is 35.1 Å². The van der Waals surface area contributed by atoms with E-state index in [9.17, 15) is 13.2 Å². The van der Waals surface area contributed by atoms with Crippen LogP contribution in [0.1, 0.15) is 44.6 Å². The Morgan fingerprint density at radius 1 is 1.48 bits per heavy atom. The van der Waals surface area contributed by atoms with Crippen molar-refractivity contribution in [2.45, 2.75) is 51.0 Å². The van der Waals surface area contributed by atoms with Gasteiger partial charge in [-0.15, -0.1) is 0 Å². The number of carbonyl (C=O) groups excluding carboxylic acids is 1. The summed E-state index contributed by atoms with van der Waals surface area (Å²) in [5.41, 5.74) is 0.319. The first-order valence-electron chi connectivity index (χ1n) is 9.28. The van der Waals surface area contributed by atoms with Crippen molar-refractivity contribution in [1.29, 1.82) is 0 Å². The van der Waals surface area contributed by atoms with Crippen LogP contribution in [0.5, 0.6) is 0 Å². The average molecular weight is 399 g/mol. The zero-order chi connectivity index (χ0) is 20.2. The first-order chi connectivity index (χ1) is 12.7. The van der Waals surface area contributed by atoms with Crippen LogP contribution in [0.4, 0.5) is 0 Å². The molecule has 0 bridgehead atoms. The van der Waals surface area contributed by atoms with E-state index in [1.807, 2.05) is 27.9 Å². The van der Waals surface area contributed by atoms with E-state index in [0.717, 1.165) is 6.42 Å². The lowest BCUT2D eigenvalue weighted by Gasteiger charge is -2.31. The zero-order valence-corrected chi connectivity index (χ0v) is 17.5. The first-order valence-corrected chi connectivity index (χ1v) is 10.7. The molecule has 2 rings (SSSR count). The number of nitrogens with one attached hydrogen (secondary N) is 1. The second-order valence-electron chi connectivity index (χ2n) is 7.26. The maximum absolute atomic E-state index is 13.2. The minimum atomic E-state index is -3.80. The Bertz CT molecular complexity index is 785. The Hall–Kier alpha value is -1.87. The molecule has 0 saturated carbocycles. The summed E-state index contributed by atoms with van der Waals surface area (Å²) < 4.78 is 33.1. The largest absolute Gasteiger partial charge is 0.383 e. The van der Waals surface area contributed by atoms with Crippen LogP contribution in [0, 0.1) is 12.8 Å². The maximum Gasteiger partial charge on any atom is 0.248 e. The summed E-state index contributed by atoms with van der Waals surface area (Å²) >= 11 is 0. The topological polar surface area (TPSA) is 95.8 Å². The fourth-order valence-electron chi connectivity index (χ4n) is 2.98. The molecular weight excluding hydrogens is 368 g/mol. The minimum Gasteiger partial charge on any atom is -0.383 e. The van der Waals surface area contributed by atoms with Crippen molar-refractivity contribution in [3.05, 3.63) is 17.7 Å². The number of carbonyl (C=O) groups is 1. The van der Waals surface area contributed by atoms with Crippen LogP contribution >= 0.6 is 0 Å². The Morgan fingerprint density at radius 3 is 2.81 bits per heavy atom. The summed E-state index contributed by atoms with van der Waals surface area (Å²) in [5, 5.41) is 6.78. The van der Waals surface area contributed by atoms with Crippen molar-refractivity contribution in [2.24, 2.45) is 5.92 Å². The lowest BCUT2D eigenvalue weighted by Crippen LogP contribution is -2.47. The van der Waals surface area contributed by atoms with Crippen molar-refractivity contribution in [3.63, 3.8) is 0 Å². The van der Waals surface area contributed by atoms with Crippen LogP contribution in [0.15, 0.2) is 15.6 Å². The predicted octanol–water partition coefficient (Wildman–Crippen LogP) is 1.83. The summed E-state index contributed by atoms with van der Waals surface area (Å²) in [6.07, 6.45) is 5.46. The van der Waals surface area contributed by atoms with Gasteiger partial charge < -0.3 is 14.7 Å². The number of hydrogen-bond acceptors (Lipinski definition) is 6. The molecule has 1 aromatic rings. The fraction of sp³-hybridized carbons (Fsp3) is 0.667. The van der Waals surface area contributed by atoms with Crippen molar-refractivity contribution in [3.8, 4) is 0 Å². The number of piperidine rings is 1. The predicted molar refractivity (Wildman–Crippen MR) is 103 cm³/mol. The van der Waals surface area contributed by atoms with Crippen LogP contribution in [0.3, 0.4) is 0 Å². The highest BCUT2D eigenvalue weighted by atomic mass is 32.2. The summed E-state index contributed by atoms with van der Waals surface area (Å²) in [6, 6.07) is 0.0765. The molecule has 0 radical (unpaired) electrons. The van der Waals surface area contributed by atoms with Crippen molar-refractivity contribution in [2.75, 3.05) is 27.2 Å². The molecule has 8 nitrogen and oxygen atoms in total. The smallest absolute Gasteiger partial charge is 0.248 e. The van der Waals surface area contributed by atoms with Crippen LogP contribution in [0.25, 0.3) is 6.08 Å². The van der Waals surface area contributed by atoms with Crippen molar-refractivity contribution >= 4 is 22.0 Å². The molecule has 1 aromatic heterocycles. The summed E-state index contributed by atoms with van der Waals surface area (Å²) in [6.45, 7) is 6.11. The van der Waals surface area contributed by atoms with Crippen molar-refractivity contribution in [1.82, 2.24) is 19.7 Å². The number of aromatic nitrogens is 1. The molecule has 2 heterocycles. The molecule has 2 atom stereocenters. The standard InChI is InChI=1S/C18H30N4O4S/c1-6-13(2)19-18(23)15-8-7-10-22(12-15)27(24,25)17-14(3)20-26-16(17)9-11-21(4)5/h9,11,13,15H,6-8,10,12H2,1-5H3,(H,19,23)/b11-9+. The van der Waals surface area contributed by atoms with E-state index < -0.39 is 10.0 Å². The lowest BCUT2D eigenvalue weighted by atomic mass is 9.98. The van der Waals surface area contributed by atoms with E-state index >= 15 is 0 Å². The molecule has 2 unspecified atom stereocenters. The monoisotopic (exact) mass is 398 g/mol. The van der Waals surface area contributed by atoms with E-state index in [0.29, 0.717) is 25.1 Å². The third-order valence-corrected chi connectivity index (χ3v) is 6.74. The SMILES string of the molecule is CCC(C)NC(=O)C1CCCN(S(=O)(=O)c2c(C)noc2/C=C/N(C)C)C1. The zero-order valence-electron chi connectivity index (χ0n) is 16.7. The van der Waals surface area contributed by atoms with Crippen LogP contribution in [0.2, 0.25) is 0 Å². The lowest BCUT2D eigenvalue weighted by molar-refractivity contribution is -0.126. The third kappa shape index (κ3) is 5.10. The molecule has 1 aliphatic rings. The number of sulfonamides is 1. The Kier molecular flexibility index (Phi) is 7.05. The number of rotatable bonds is 7. The number of nitrogens with zero attached hydrogens (tertiary/aromatic N) is 3. The molecule has 152 valence electrons. The first kappa shape index (κ1) is 21.4. The van der Waals surface area contributed by atoms with Gasteiger partial charge in [-0.3, -0.25) is 4.79 Å². The Morgan fingerprint density at radius 2 is 2.19 bits per heavy atom. The van der Waals surface area contributed by atoms with Gasteiger partial charge in [-0.25, -0.2) is 8.42 Å². The van der Waals surface area contributed by atoms with E-state index in [1.165, 1.54) is 4.31 Å². The minimum absolute atomic E-state index is 0.0728. The van der Waals surface area contributed by atoms with Gasteiger partial charge in [0.05, 0.1) is 5.92 Å². The summed E-state index contributed by atoms with van der Waals surface area (Å²) in [4.78, 5) is 14.3. The number of hydrogen-bond donors (Lipinski definition) is 1. The highest BCUT2D eigenvalue weighted by Crippen LogP contribution is 2.29. The highest BCUT2D eigenvalue weighted by molar-refractivity contribution is 7.89. The molecule has 27 heavy (non-hydrogen) atoms. The van der Waals surface area contributed by atoms with Gasteiger partial charge >= 0.3 is 0 Å². The molecule has 1 saturated heterocycles. The number of amides is 1. The molecule has 1 fully saturated rings.